The molecule has 0 aliphatic carbocycles. The third kappa shape index (κ3) is 10.4. The fourth-order valence-electron chi connectivity index (χ4n) is 9.26. The average molecular weight is 889 g/mol. The molecule has 0 radical (unpaired) electrons. The zero-order valence-corrected chi connectivity index (χ0v) is 42.1. The number of rotatable bonds is 24. The van der Waals surface area contributed by atoms with Gasteiger partial charge in [-0.05, 0) is 105 Å². The van der Waals surface area contributed by atoms with E-state index in [1.54, 1.807) is 22.7 Å². The van der Waals surface area contributed by atoms with Gasteiger partial charge in [0.2, 0.25) is 0 Å². The number of thiophene rings is 2. The minimum atomic E-state index is -0.529. The van der Waals surface area contributed by atoms with Crippen molar-refractivity contribution in [2.45, 2.75) is 208 Å². The summed E-state index contributed by atoms with van der Waals surface area (Å²) in [7, 11) is -1.06. The lowest BCUT2D eigenvalue weighted by molar-refractivity contribution is -0.124. The molecule has 4 aliphatic heterocycles. The fraction of sp³-hybridized carbons (Fsp3) is 0.720. The molecule has 342 valence electrons. The molecule has 2 aromatic heterocycles. The Morgan fingerprint density at radius 1 is 0.484 bits per heavy atom. The number of unbranched alkanes of at least 4 members (excludes halogenated alkanes) is 8. The number of hydrogen-bond donors (Lipinski definition) is 0. The SMILES string of the molecule is CCCCCCC(CCCC)CN1C(=O)C2=C(c3ccc(B4OC(C)(C)C(C)(C)O4)s3)N(CC(CCCC)CCCCCC)C(=O)C2=C1c1ccc(B2OC(C)(C)C(C)(C)O2)s1. The molecule has 0 saturated carbocycles. The zero-order chi connectivity index (χ0) is 45.0. The van der Waals surface area contributed by atoms with Crippen LogP contribution in [0.15, 0.2) is 35.4 Å². The highest BCUT2D eigenvalue weighted by Crippen LogP contribution is 2.49. The van der Waals surface area contributed by atoms with Crippen LogP contribution in [0.3, 0.4) is 0 Å². The number of fused-ring (bicyclic) bond motifs is 1. The van der Waals surface area contributed by atoms with Gasteiger partial charge in [-0.3, -0.25) is 9.59 Å². The van der Waals surface area contributed by atoms with E-state index < -0.39 is 36.6 Å². The van der Waals surface area contributed by atoms with Crippen LogP contribution >= 0.6 is 22.7 Å². The molecule has 6 heterocycles. The molecule has 2 atom stereocenters. The van der Waals surface area contributed by atoms with Gasteiger partial charge in [0, 0.05) is 22.6 Å². The maximum atomic E-state index is 15.6. The molecule has 6 rings (SSSR count). The van der Waals surface area contributed by atoms with Crippen molar-refractivity contribution >= 4 is 69.7 Å². The van der Waals surface area contributed by atoms with Crippen molar-refractivity contribution in [3.63, 3.8) is 0 Å². The molecule has 4 aliphatic rings. The average Bonchev–Trinajstić information content (AvgIpc) is 4.05. The smallest absolute Gasteiger partial charge is 0.399 e. The van der Waals surface area contributed by atoms with E-state index in [2.05, 4.69) is 107 Å². The lowest BCUT2D eigenvalue weighted by Gasteiger charge is -2.32. The predicted octanol–water partition coefficient (Wildman–Crippen LogP) is 11.8. The van der Waals surface area contributed by atoms with E-state index in [1.165, 1.54) is 38.5 Å². The first-order valence-corrected chi connectivity index (χ1v) is 26.1. The molecule has 2 saturated heterocycles. The first-order valence-electron chi connectivity index (χ1n) is 24.4. The Morgan fingerprint density at radius 2 is 0.806 bits per heavy atom. The largest absolute Gasteiger partial charge is 0.505 e. The van der Waals surface area contributed by atoms with Gasteiger partial charge in [-0.1, -0.05) is 117 Å². The molecule has 0 N–H and O–H groups in total. The summed E-state index contributed by atoms with van der Waals surface area (Å²) in [5.74, 6) is 0.558. The van der Waals surface area contributed by atoms with Crippen molar-refractivity contribution in [1.82, 2.24) is 9.80 Å². The molecular weight excluding hydrogens is 810 g/mol. The number of hydrogen-bond acceptors (Lipinski definition) is 8. The molecule has 2 fully saturated rings. The van der Waals surface area contributed by atoms with E-state index in [9.17, 15) is 0 Å². The number of nitrogens with zero attached hydrogens (tertiary/aromatic N) is 2. The molecule has 8 nitrogen and oxygen atoms in total. The Kier molecular flexibility index (Phi) is 16.3. The number of amides is 2. The van der Waals surface area contributed by atoms with Crippen molar-refractivity contribution in [1.29, 1.82) is 0 Å². The molecule has 12 heteroatoms. The highest BCUT2D eigenvalue weighted by molar-refractivity contribution is 7.23. The maximum absolute atomic E-state index is 15.6. The van der Waals surface area contributed by atoms with Gasteiger partial charge < -0.3 is 28.4 Å². The van der Waals surface area contributed by atoms with Crippen LogP contribution < -0.4 is 9.55 Å². The van der Waals surface area contributed by atoms with E-state index in [4.69, 9.17) is 18.6 Å². The summed E-state index contributed by atoms with van der Waals surface area (Å²) in [6, 6.07) is 8.33. The predicted molar refractivity (Wildman–Crippen MR) is 261 cm³/mol. The molecular formula is C50H78B2N2O6S2. The molecule has 2 unspecified atom stereocenters. The van der Waals surface area contributed by atoms with Crippen LogP contribution in [-0.2, 0) is 28.2 Å². The van der Waals surface area contributed by atoms with Crippen LogP contribution in [0.25, 0.3) is 11.4 Å². The Bertz CT molecular complexity index is 1760. The normalized spacial score (nSPS) is 21.4. The second-order valence-corrected chi connectivity index (χ2v) is 22.8. The Balaban J connectivity index is 1.48. The van der Waals surface area contributed by atoms with Crippen molar-refractivity contribution < 1.29 is 28.2 Å². The standard InChI is InChI=1S/C50H78B2N2O6S2/c1-13-17-21-23-27-35(25-19-15-3)33-53-43(37-29-31-39(61-37)51-57-47(5,6)48(7,8)58-51)41-42(45(53)55)44(38-30-32-40(62-38)52-59-49(9,10)50(11,12)60-52)54(46(41)56)34-36(26-20-16-4)28-24-22-18-14-2/h29-32,35-36H,13-28,33-34H2,1-12H3. The second-order valence-electron chi connectivity index (χ2n) is 20.6. The van der Waals surface area contributed by atoms with Crippen LogP contribution in [0.1, 0.15) is 196 Å². The third-order valence-electron chi connectivity index (χ3n) is 14.6. The topological polar surface area (TPSA) is 77.5 Å². The number of carbonyl (C=O) groups is 2. The zero-order valence-electron chi connectivity index (χ0n) is 40.5. The first kappa shape index (κ1) is 49.2. The third-order valence-corrected chi connectivity index (χ3v) is 16.8. The molecule has 2 aromatic rings. The fourth-order valence-corrected chi connectivity index (χ4v) is 11.3. The van der Waals surface area contributed by atoms with E-state index >= 15 is 9.59 Å². The maximum Gasteiger partial charge on any atom is 0.505 e. The highest BCUT2D eigenvalue weighted by atomic mass is 32.1. The summed E-state index contributed by atoms with van der Waals surface area (Å²) in [6.07, 6.45) is 18.3. The molecule has 2 amide bonds. The molecule has 0 spiro atoms. The van der Waals surface area contributed by atoms with E-state index in [0.29, 0.717) is 36.1 Å². The summed E-state index contributed by atoms with van der Waals surface area (Å²) in [5, 5.41) is 0. The van der Waals surface area contributed by atoms with Crippen LogP contribution in [0.4, 0.5) is 0 Å². The second kappa shape index (κ2) is 20.5. The van der Waals surface area contributed by atoms with Crippen LogP contribution in [-0.4, -0.2) is 71.3 Å². The number of carbonyl (C=O) groups excluding carboxylic acids is 2. The van der Waals surface area contributed by atoms with Gasteiger partial charge in [-0.15, -0.1) is 22.7 Å². The van der Waals surface area contributed by atoms with Crippen molar-refractivity contribution in [3.05, 3.63) is 45.2 Å². The van der Waals surface area contributed by atoms with E-state index in [1.807, 2.05) is 9.80 Å². The monoisotopic (exact) mass is 889 g/mol. The Hall–Kier alpha value is -2.21. The molecule has 62 heavy (non-hydrogen) atoms. The van der Waals surface area contributed by atoms with Gasteiger partial charge in [-0.25, -0.2) is 0 Å². The Labute approximate surface area is 384 Å². The van der Waals surface area contributed by atoms with Crippen LogP contribution in [0.5, 0.6) is 0 Å². The summed E-state index contributed by atoms with van der Waals surface area (Å²) in [4.78, 5) is 36.9. The molecule has 0 aromatic carbocycles. The van der Waals surface area contributed by atoms with Gasteiger partial charge >= 0.3 is 14.2 Å². The summed E-state index contributed by atoms with van der Waals surface area (Å²) < 4.78 is 28.0. The minimum Gasteiger partial charge on any atom is -0.399 e. The van der Waals surface area contributed by atoms with Gasteiger partial charge in [0.25, 0.3) is 11.8 Å². The van der Waals surface area contributed by atoms with E-state index in [-0.39, 0.29) is 11.8 Å². The van der Waals surface area contributed by atoms with Gasteiger partial charge in [0.05, 0.1) is 54.7 Å². The van der Waals surface area contributed by atoms with Gasteiger partial charge in [-0.2, -0.15) is 0 Å². The lowest BCUT2D eigenvalue weighted by Crippen LogP contribution is -2.41. The summed E-state index contributed by atoms with van der Waals surface area (Å²) in [5.41, 5.74) is 0.682. The summed E-state index contributed by atoms with van der Waals surface area (Å²) >= 11 is 3.18. The summed E-state index contributed by atoms with van der Waals surface area (Å²) in [6.45, 7) is 26.8. The lowest BCUT2D eigenvalue weighted by atomic mass is 9.88. The van der Waals surface area contributed by atoms with Gasteiger partial charge in [0.1, 0.15) is 0 Å². The van der Waals surface area contributed by atoms with E-state index in [0.717, 1.165) is 94.9 Å². The van der Waals surface area contributed by atoms with Crippen molar-refractivity contribution in [3.8, 4) is 0 Å². The first-order chi connectivity index (χ1) is 29.4. The minimum absolute atomic E-state index is 0.0554. The van der Waals surface area contributed by atoms with Crippen molar-refractivity contribution in [2.75, 3.05) is 13.1 Å². The quantitative estimate of drug-likeness (QED) is 0.0772. The molecule has 0 bridgehead atoms. The van der Waals surface area contributed by atoms with Crippen molar-refractivity contribution in [2.24, 2.45) is 11.8 Å². The van der Waals surface area contributed by atoms with Gasteiger partial charge in [0.15, 0.2) is 0 Å². The van der Waals surface area contributed by atoms with Crippen LogP contribution in [0.2, 0.25) is 0 Å². The van der Waals surface area contributed by atoms with Crippen LogP contribution in [0, 0.1) is 11.8 Å². The Morgan fingerprint density at radius 3 is 1.13 bits per heavy atom. The highest BCUT2D eigenvalue weighted by Gasteiger charge is 2.55.